The molecule has 0 saturated heterocycles. The topological polar surface area (TPSA) is 86.7 Å². The summed E-state index contributed by atoms with van der Waals surface area (Å²) < 4.78 is 29.1. The van der Waals surface area contributed by atoms with Gasteiger partial charge in [0.15, 0.2) is 0 Å². The Morgan fingerprint density at radius 2 is 1.16 bits per heavy atom. The van der Waals surface area contributed by atoms with Gasteiger partial charge >= 0.3 is 82.0 Å². The molecule has 9 heteroatoms. The van der Waals surface area contributed by atoms with Gasteiger partial charge in [-0.3, -0.25) is 9.59 Å². The van der Waals surface area contributed by atoms with Gasteiger partial charge in [-0.1, -0.05) is 64.7 Å². The summed E-state index contributed by atoms with van der Waals surface area (Å²) in [5, 5.41) is 0. The minimum atomic E-state index is -3.20. The van der Waals surface area contributed by atoms with Gasteiger partial charge in [0.25, 0.3) is 0 Å². The predicted molar refractivity (Wildman–Crippen MR) is 103 cm³/mol. The Kier molecular flexibility index (Phi) is 28.1. The fraction of sp³-hybridized carbons (Fsp3) is 0.875. The predicted octanol–water partition coefficient (Wildman–Crippen LogP) is 2.00. The van der Waals surface area contributed by atoms with Crippen LogP contribution in [0.1, 0.15) is 84.0 Å². The molecule has 0 aliphatic carbocycles. The van der Waals surface area contributed by atoms with Gasteiger partial charge < -0.3 is 8.92 Å². The molecule has 0 saturated carbocycles. The van der Waals surface area contributed by atoms with Crippen molar-refractivity contribution in [3.8, 4) is 0 Å². The number of ether oxygens (including phenoxy) is 1. The third kappa shape index (κ3) is 24.9. The summed E-state index contributed by atoms with van der Waals surface area (Å²) in [5.74, 6) is -1.43. The van der Waals surface area contributed by atoms with Crippen LogP contribution in [-0.4, -0.2) is 86.1 Å². The van der Waals surface area contributed by atoms with E-state index in [2.05, 4.69) is 11.1 Å². The second-order valence-electron chi connectivity index (χ2n) is 5.59. The molecule has 0 aromatic rings. The summed E-state index contributed by atoms with van der Waals surface area (Å²) in [6, 6.07) is 0. The molecule has 0 atom stereocenters. The molecule has 0 aliphatic rings. The monoisotopic (exact) mass is 398 g/mol. The number of thiol groups is 1. The fourth-order valence-electron chi connectivity index (χ4n) is 2.18. The average molecular weight is 398 g/mol. The van der Waals surface area contributed by atoms with E-state index in [-0.39, 0.29) is 72.0 Å². The maximum atomic E-state index is 11.3. The van der Waals surface area contributed by atoms with Gasteiger partial charge in [-0.15, -0.1) is 0 Å². The van der Waals surface area contributed by atoms with Crippen LogP contribution in [0, 0.1) is 0 Å². The maximum absolute atomic E-state index is 11.3. The number of esters is 1. The summed E-state index contributed by atoms with van der Waals surface area (Å²) in [4.78, 5) is 22.2. The molecule has 0 N–H and O–H groups in total. The molecular formula is C16H32Na2O6S. The Morgan fingerprint density at radius 1 is 0.720 bits per heavy atom. The molecule has 0 heterocycles. The molecule has 0 bridgehead atoms. The molecule has 0 aliphatic heterocycles. The van der Waals surface area contributed by atoms with Crippen molar-refractivity contribution in [2.45, 2.75) is 84.0 Å². The minimum absolute atomic E-state index is 0. The van der Waals surface area contributed by atoms with Gasteiger partial charge in [0.05, 0.1) is 19.4 Å². The zero-order valence-corrected chi connectivity index (χ0v) is 15.0. The zero-order chi connectivity index (χ0) is 17.3. The van der Waals surface area contributed by atoms with Crippen molar-refractivity contribution in [1.29, 1.82) is 0 Å². The molecule has 0 aromatic carbocycles. The first-order valence-corrected chi connectivity index (χ1v) is 9.66. The van der Waals surface area contributed by atoms with Gasteiger partial charge in [0.1, 0.15) is 0 Å². The molecule has 0 rings (SSSR count). The Hall–Kier alpha value is 0.890. The van der Waals surface area contributed by atoms with E-state index in [1.54, 1.807) is 0 Å². The zero-order valence-electron chi connectivity index (χ0n) is 14.1. The molecule has 0 unspecified atom stereocenters. The number of carbonyl (C=O) groups is 2. The summed E-state index contributed by atoms with van der Waals surface area (Å²) in [6.07, 6.45) is 11.6. The molecule has 6 nitrogen and oxygen atoms in total. The summed E-state index contributed by atoms with van der Waals surface area (Å²) >= 11 is 0. The van der Waals surface area contributed by atoms with E-state index in [9.17, 15) is 18.0 Å². The van der Waals surface area contributed by atoms with Gasteiger partial charge in [-0.25, -0.2) is 0 Å². The van der Waals surface area contributed by atoms with E-state index in [1.807, 2.05) is 0 Å². The molecule has 0 spiro atoms. The van der Waals surface area contributed by atoms with E-state index < -0.39 is 22.9 Å². The van der Waals surface area contributed by atoms with Gasteiger partial charge in [0, 0.05) is 0 Å². The first kappa shape index (κ1) is 30.6. The first-order valence-electron chi connectivity index (χ1n) is 8.57. The number of rotatable bonds is 15. The van der Waals surface area contributed by atoms with Crippen molar-refractivity contribution < 1.29 is 26.9 Å². The molecule has 0 amide bonds. The van der Waals surface area contributed by atoms with Crippen LogP contribution < -0.4 is 0 Å². The van der Waals surface area contributed by atoms with Crippen molar-refractivity contribution in [1.82, 2.24) is 0 Å². The van der Waals surface area contributed by atoms with Crippen molar-refractivity contribution in [3.63, 3.8) is 0 Å². The van der Waals surface area contributed by atoms with Crippen molar-refractivity contribution in [3.05, 3.63) is 0 Å². The van der Waals surface area contributed by atoms with E-state index in [0.29, 0.717) is 6.61 Å². The molecular weight excluding hydrogens is 366 g/mol. The van der Waals surface area contributed by atoms with E-state index in [4.69, 9.17) is 4.74 Å². The molecule has 140 valence electrons. The fourth-order valence-corrected chi connectivity index (χ4v) is 2.44. The second kappa shape index (κ2) is 22.9. The van der Waals surface area contributed by atoms with Gasteiger partial charge in [0.2, 0.25) is 0 Å². The third-order valence-electron chi connectivity index (χ3n) is 3.47. The van der Waals surface area contributed by atoms with Crippen LogP contribution in [-0.2, 0) is 29.5 Å². The Bertz CT molecular complexity index is 394. The van der Waals surface area contributed by atoms with Gasteiger partial charge in [-0.2, -0.15) is 8.42 Å². The van der Waals surface area contributed by atoms with Crippen LogP contribution in [0.15, 0.2) is 0 Å². The number of hydrogen-bond acceptors (Lipinski definition) is 6. The molecule has 0 radical (unpaired) electrons. The third-order valence-corrected chi connectivity index (χ3v) is 3.82. The van der Waals surface area contributed by atoms with E-state index in [0.717, 1.165) is 19.3 Å². The Balaban J connectivity index is -0.00000242. The molecule has 0 fully saturated rings. The van der Waals surface area contributed by atoms with E-state index >= 15 is 0 Å². The van der Waals surface area contributed by atoms with Crippen molar-refractivity contribution >= 4 is 82.0 Å². The van der Waals surface area contributed by atoms with Crippen molar-refractivity contribution in [2.24, 2.45) is 0 Å². The summed E-state index contributed by atoms with van der Waals surface area (Å²) in [6.45, 7) is 2.56. The number of hydrogen-bond donors (Lipinski definition) is 1. The standard InChI is InChI=1S/C16H30O6S.2Na.2H/c1-2-3-4-5-6-7-8-9-10-11-14-21-15(17)12-13-16(18)22-23(19)20;;;;/h23H,2-14H2,1H3;;;;. The van der Waals surface area contributed by atoms with Crippen LogP contribution in [0.4, 0.5) is 0 Å². The SMILES string of the molecule is CCCCCCCCCCCCOC(=O)CCC(=O)O[SH](=O)=O.[NaH].[NaH]. The normalized spacial score (nSPS) is 9.84. The van der Waals surface area contributed by atoms with E-state index in [1.165, 1.54) is 44.9 Å². The average Bonchev–Trinajstić information content (AvgIpc) is 2.50. The molecule has 0 aromatic heterocycles. The van der Waals surface area contributed by atoms with Crippen LogP contribution in [0.2, 0.25) is 0 Å². The summed E-state index contributed by atoms with van der Waals surface area (Å²) in [5.41, 5.74) is 0. The van der Waals surface area contributed by atoms with Crippen LogP contribution in [0.25, 0.3) is 0 Å². The van der Waals surface area contributed by atoms with Gasteiger partial charge in [-0.05, 0) is 6.42 Å². The summed E-state index contributed by atoms with van der Waals surface area (Å²) in [7, 11) is -3.20. The second-order valence-corrected chi connectivity index (χ2v) is 6.22. The Labute approximate surface area is 197 Å². The van der Waals surface area contributed by atoms with Crippen LogP contribution in [0.5, 0.6) is 0 Å². The van der Waals surface area contributed by atoms with Crippen molar-refractivity contribution in [2.75, 3.05) is 6.61 Å². The number of carbonyl (C=O) groups excluding carboxylic acids is 2. The Morgan fingerprint density at radius 3 is 1.64 bits per heavy atom. The first-order chi connectivity index (χ1) is 11.1. The van der Waals surface area contributed by atoms with Crippen LogP contribution >= 0.6 is 0 Å². The van der Waals surface area contributed by atoms with Crippen LogP contribution in [0.3, 0.4) is 0 Å². The number of unbranched alkanes of at least 4 members (excludes halogenated alkanes) is 9. The molecule has 25 heavy (non-hydrogen) atoms. The quantitative estimate of drug-likeness (QED) is 0.197.